The van der Waals surface area contributed by atoms with Gasteiger partial charge in [0, 0.05) is 32.2 Å². The molecule has 0 radical (unpaired) electrons. The fourth-order valence-electron chi connectivity index (χ4n) is 4.20. The Morgan fingerprint density at radius 2 is 2.04 bits per heavy atom. The van der Waals surface area contributed by atoms with Crippen molar-refractivity contribution in [3.8, 4) is 0 Å². The van der Waals surface area contributed by atoms with Gasteiger partial charge in [-0.25, -0.2) is 4.99 Å². The van der Waals surface area contributed by atoms with Gasteiger partial charge in [0.25, 0.3) is 5.91 Å². The lowest BCUT2D eigenvalue weighted by Gasteiger charge is -2.26. The fraction of sp³-hybridized carbons (Fsp3) is 0.600. The molecular weight excluding hydrogens is 439 g/mol. The number of benzene rings is 1. The SMILES string of the molecule is CCNC(=NCc1cccc(C(=O)NC)c1)N1CCC2(CCCC2)C1.I. The molecule has 1 spiro atoms. The van der Waals surface area contributed by atoms with Crippen LogP contribution in [0.3, 0.4) is 0 Å². The second-order valence-electron chi connectivity index (χ2n) is 7.33. The fourth-order valence-corrected chi connectivity index (χ4v) is 4.20. The lowest BCUT2D eigenvalue weighted by atomic mass is 9.86. The van der Waals surface area contributed by atoms with Crippen molar-refractivity contribution in [3.05, 3.63) is 35.4 Å². The van der Waals surface area contributed by atoms with E-state index in [1.807, 2.05) is 24.3 Å². The second-order valence-corrected chi connectivity index (χ2v) is 7.33. The zero-order chi connectivity index (χ0) is 17.7. The minimum absolute atomic E-state index is 0. The highest BCUT2D eigenvalue weighted by Gasteiger charge is 2.41. The number of hydrogen-bond donors (Lipinski definition) is 2. The second kappa shape index (κ2) is 9.58. The van der Waals surface area contributed by atoms with E-state index in [1.54, 1.807) is 7.05 Å². The largest absolute Gasteiger partial charge is 0.357 e. The van der Waals surface area contributed by atoms with Gasteiger partial charge >= 0.3 is 0 Å². The third-order valence-corrected chi connectivity index (χ3v) is 5.56. The molecule has 0 bridgehead atoms. The zero-order valence-corrected chi connectivity index (χ0v) is 18.2. The number of amides is 1. The Labute approximate surface area is 174 Å². The standard InChI is InChI=1S/C20H30N4O.HI/c1-3-22-19(24-12-11-20(15-24)9-4-5-10-20)23-14-16-7-6-8-17(13-16)18(25)21-2;/h6-8,13H,3-5,9-12,14-15H2,1-2H3,(H,21,25)(H,22,23);1H. The number of guanidine groups is 1. The van der Waals surface area contributed by atoms with Gasteiger partial charge in [-0.3, -0.25) is 4.79 Å². The number of nitrogens with one attached hydrogen (secondary N) is 2. The summed E-state index contributed by atoms with van der Waals surface area (Å²) in [5.74, 6) is 0.956. The number of nitrogens with zero attached hydrogens (tertiary/aromatic N) is 2. The van der Waals surface area contributed by atoms with E-state index in [1.165, 1.54) is 32.1 Å². The van der Waals surface area contributed by atoms with E-state index < -0.39 is 0 Å². The molecule has 1 heterocycles. The molecule has 1 aromatic carbocycles. The van der Waals surface area contributed by atoms with E-state index >= 15 is 0 Å². The maximum absolute atomic E-state index is 11.8. The summed E-state index contributed by atoms with van der Waals surface area (Å²) in [5, 5.41) is 6.12. The molecule has 0 aromatic heterocycles. The molecule has 2 fully saturated rings. The van der Waals surface area contributed by atoms with Crippen LogP contribution in [0.2, 0.25) is 0 Å². The molecule has 1 aliphatic carbocycles. The predicted octanol–water partition coefficient (Wildman–Crippen LogP) is 3.40. The number of rotatable bonds is 4. The van der Waals surface area contributed by atoms with Gasteiger partial charge in [-0.15, -0.1) is 24.0 Å². The van der Waals surface area contributed by atoms with E-state index in [0.717, 1.165) is 31.2 Å². The molecule has 0 atom stereocenters. The lowest BCUT2D eigenvalue weighted by Crippen LogP contribution is -2.41. The van der Waals surface area contributed by atoms with Gasteiger partial charge in [0.2, 0.25) is 0 Å². The Hall–Kier alpha value is -1.31. The molecule has 2 N–H and O–H groups in total. The van der Waals surface area contributed by atoms with Gasteiger partial charge in [0.1, 0.15) is 0 Å². The van der Waals surface area contributed by atoms with Crippen LogP contribution in [0.15, 0.2) is 29.3 Å². The van der Waals surface area contributed by atoms with Crippen molar-refractivity contribution in [2.75, 3.05) is 26.7 Å². The molecule has 26 heavy (non-hydrogen) atoms. The van der Waals surface area contributed by atoms with Crippen molar-refractivity contribution < 1.29 is 4.79 Å². The topological polar surface area (TPSA) is 56.7 Å². The molecule has 144 valence electrons. The summed E-state index contributed by atoms with van der Waals surface area (Å²) in [6.45, 7) is 5.82. The molecule has 1 saturated heterocycles. The van der Waals surface area contributed by atoms with E-state index in [2.05, 4.69) is 22.5 Å². The van der Waals surface area contributed by atoms with Gasteiger partial charge in [0.15, 0.2) is 5.96 Å². The summed E-state index contributed by atoms with van der Waals surface area (Å²) >= 11 is 0. The maximum atomic E-state index is 11.8. The van der Waals surface area contributed by atoms with E-state index in [-0.39, 0.29) is 29.9 Å². The first-order valence-corrected chi connectivity index (χ1v) is 9.50. The van der Waals surface area contributed by atoms with Gasteiger partial charge in [-0.1, -0.05) is 25.0 Å². The molecule has 3 rings (SSSR count). The highest BCUT2D eigenvalue weighted by molar-refractivity contribution is 14.0. The summed E-state index contributed by atoms with van der Waals surface area (Å²) < 4.78 is 0. The highest BCUT2D eigenvalue weighted by atomic mass is 127. The Morgan fingerprint density at radius 3 is 2.73 bits per heavy atom. The number of carbonyl (C=O) groups excluding carboxylic acids is 1. The van der Waals surface area contributed by atoms with E-state index in [4.69, 9.17) is 4.99 Å². The van der Waals surface area contributed by atoms with Crippen LogP contribution < -0.4 is 10.6 Å². The molecule has 1 aliphatic heterocycles. The number of carbonyl (C=O) groups is 1. The van der Waals surface area contributed by atoms with E-state index in [9.17, 15) is 4.79 Å². The van der Waals surface area contributed by atoms with Gasteiger partial charge in [0.05, 0.1) is 6.54 Å². The first-order chi connectivity index (χ1) is 12.2. The van der Waals surface area contributed by atoms with Crippen molar-refractivity contribution in [1.29, 1.82) is 0 Å². The van der Waals surface area contributed by atoms with Gasteiger partial charge in [-0.05, 0) is 49.3 Å². The van der Waals surface area contributed by atoms with Crippen molar-refractivity contribution >= 4 is 35.8 Å². The molecule has 0 unspecified atom stereocenters. The Balaban J connectivity index is 0.00000243. The molecule has 1 aromatic rings. The highest BCUT2D eigenvalue weighted by Crippen LogP contribution is 2.45. The number of hydrogen-bond acceptors (Lipinski definition) is 2. The lowest BCUT2D eigenvalue weighted by molar-refractivity contribution is 0.0963. The van der Waals surface area contributed by atoms with Crippen molar-refractivity contribution in [2.24, 2.45) is 10.4 Å². The number of likely N-dealkylation sites (tertiary alicyclic amines) is 1. The number of halogens is 1. The van der Waals surface area contributed by atoms with Crippen LogP contribution in [0, 0.1) is 5.41 Å². The average Bonchev–Trinajstić information content (AvgIpc) is 3.28. The Kier molecular flexibility index (Phi) is 7.73. The smallest absolute Gasteiger partial charge is 0.251 e. The molecule has 6 heteroatoms. The van der Waals surface area contributed by atoms with Crippen LogP contribution in [-0.2, 0) is 6.54 Å². The third kappa shape index (κ3) is 4.90. The molecule has 5 nitrogen and oxygen atoms in total. The summed E-state index contributed by atoms with van der Waals surface area (Å²) in [7, 11) is 1.66. The van der Waals surface area contributed by atoms with Crippen molar-refractivity contribution in [3.63, 3.8) is 0 Å². The average molecular weight is 470 g/mol. The minimum Gasteiger partial charge on any atom is -0.357 e. The third-order valence-electron chi connectivity index (χ3n) is 5.56. The summed E-state index contributed by atoms with van der Waals surface area (Å²) in [6, 6.07) is 7.71. The molecule has 2 aliphatic rings. The monoisotopic (exact) mass is 470 g/mol. The maximum Gasteiger partial charge on any atom is 0.251 e. The van der Waals surface area contributed by atoms with Crippen LogP contribution in [0.5, 0.6) is 0 Å². The quantitative estimate of drug-likeness (QED) is 0.403. The first-order valence-electron chi connectivity index (χ1n) is 9.50. The molecule has 1 amide bonds. The Morgan fingerprint density at radius 1 is 1.27 bits per heavy atom. The van der Waals surface area contributed by atoms with E-state index in [0.29, 0.717) is 17.5 Å². The summed E-state index contributed by atoms with van der Waals surface area (Å²) in [6.07, 6.45) is 6.80. The van der Waals surface area contributed by atoms with Crippen molar-refractivity contribution in [2.45, 2.75) is 45.6 Å². The van der Waals surface area contributed by atoms with Crippen LogP contribution in [0.4, 0.5) is 0 Å². The van der Waals surface area contributed by atoms with Gasteiger partial charge in [-0.2, -0.15) is 0 Å². The first kappa shape index (κ1) is 21.0. The molecule has 1 saturated carbocycles. The van der Waals surface area contributed by atoms with Crippen LogP contribution in [0.1, 0.15) is 54.9 Å². The Bertz CT molecular complexity index is 640. The number of aliphatic imine (C=N–C) groups is 1. The normalized spacial score (nSPS) is 18.7. The zero-order valence-electron chi connectivity index (χ0n) is 15.9. The van der Waals surface area contributed by atoms with Crippen LogP contribution in [0.25, 0.3) is 0 Å². The minimum atomic E-state index is -0.0551. The van der Waals surface area contributed by atoms with Crippen molar-refractivity contribution in [1.82, 2.24) is 15.5 Å². The molecular formula is C20H31IN4O. The predicted molar refractivity (Wildman–Crippen MR) is 117 cm³/mol. The van der Waals surface area contributed by atoms with Gasteiger partial charge < -0.3 is 15.5 Å². The summed E-state index contributed by atoms with van der Waals surface area (Å²) in [5.41, 5.74) is 2.28. The van der Waals surface area contributed by atoms with Crippen LogP contribution >= 0.6 is 24.0 Å². The van der Waals surface area contributed by atoms with Crippen LogP contribution in [-0.4, -0.2) is 43.4 Å². The summed E-state index contributed by atoms with van der Waals surface area (Å²) in [4.78, 5) is 19.1.